The van der Waals surface area contributed by atoms with Crippen molar-refractivity contribution in [1.29, 1.82) is 0 Å². The normalized spacial score (nSPS) is 18.8. The van der Waals surface area contributed by atoms with E-state index in [4.69, 9.17) is 18.7 Å². The van der Waals surface area contributed by atoms with E-state index in [1.807, 2.05) is 24.3 Å². The first-order valence-electron chi connectivity index (χ1n) is 13.1. The minimum Gasteiger partial charge on any atom is -0.497 e. The van der Waals surface area contributed by atoms with Gasteiger partial charge in [-0.05, 0) is 61.9 Å². The molecule has 0 aliphatic carbocycles. The molecule has 0 radical (unpaired) electrons. The lowest BCUT2D eigenvalue weighted by molar-refractivity contribution is -0.121. The van der Waals surface area contributed by atoms with Crippen molar-refractivity contribution in [3.63, 3.8) is 0 Å². The molecule has 0 bridgehead atoms. The summed E-state index contributed by atoms with van der Waals surface area (Å²) in [7, 11) is -0.781. The summed E-state index contributed by atoms with van der Waals surface area (Å²) in [6.45, 7) is 2.95. The van der Waals surface area contributed by atoms with Crippen LogP contribution in [-0.2, 0) is 26.1 Å². The monoisotopic (exact) mass is 571 g/mol. The molecule has 12 nitrogen and oxygen atoms in total. The molecule has 0 saturated carbocycles. The molecule has 2 saturated heterocycles. The number of hydrogen-bond donors (Lipinski definition) is 1. The van der Waals surface area contributed by atoms with E-state index < -0.39 is 10.0 Å². The lowest BCUT2D eigenvalue weighted by atomic mass is 9.97. The van der Waals surface area contributed by atoms with Crippen molar-refractivity contribution in [2.24, 2.45) is 5.92 Å². The zero-order valence-corrected chi connectivity index (χ0v) is 23.4. The SMILES string of the molecule is COc1ccc(-c2noc(CN3CCCC(C(=O)Nc4ccc(OC)c(S(=O)(=O)N5CCOCC5)c4)C3)n2)cc1. The fourth-order valence-corrected chi connectivity index (χ4v) is 6.50. The number of methoxy groups -OCH3 is 2. The van der Waals surface area contributed by atoms with Crippen LogP contribution >= 0.6 is 0 Å². The van der Waals surface area contributed by atoms with Crippen LogP contribution in [0.4, 0.5) is 5.69 Å². The van der Waals surface area contributed by atoms with Gasteiger partial charge in [-0.1, -0.05) is 5.16 Å². The third kappa shape index (κ3) is 6.28. The predicted molar refractivity (Wildman–Crippen MR) is 145 cm³/mol. The van der Waals surface area contributed by atoms with Crippen LogP contribution in [0.25, 0.3) is 11.4 Å². The molecule has 13 heteroatoms. The van der Waals surface area contributed by atoms with Gasteiger partial charge >= 0.3 is 0 Å². The number of aromatic nitrogens is 2. The number of carbonyl (C=O) groups excluding carboxylic acids is 1. The van der Waals surface area contributed by atoms with Crippen molar-refractivity contribution in [2.45, 2.75) is 24.3 Å². The quantitative estimate of drug-likeness (QED) is 0.408. The van der Waals surface area contributed by atoms with Crippen LogP contribution in [0.1, 0.15) is 18.7 Å². The standard InChI is InChI=1S/C27H33N5O7S/c1-36-22-8-5-19(6-9-22)26-29-25(39-30-26)18-31-11-3-4-20(17-31)27(33)28-21-7-10-23(37-2)24(16-21)40(34,35)32-12-14-38-15-13-32/h5-10,16,20H,3-4,11-15,17-18H2,1-2H3,(H,28,33). The zero-order valence-electron chi connectivity index (χ0n) is 22.5. The van der Waals surface area contributed by atoms with Crippen LogP contribution in [0.5, 0.6) is 11.5 Å². The van der Waals surface area contributed by atoms with Crippen molar-refractivity contribution < 1.29 is 31.9 Å². The Labute approximate surface area is 233 Å². The summed E-state index contributed by atoms with van der Waals surface area (Å²) in [6.07, 6.45) is 1.55. The minimum absolute atomic E-state index is 0.0176. The van der Waals surface area contributed by atoms with Crippen molar-refractivity contribution in [1.82, 2.24) is 19.3 Å². The van der Waals surface area contributed by atoms with Gasteiger partial charge in [0.15, 0.2) is 0 Å². The highest BCUT2D eigenvalue weighted by Gasteiger charge is 2.31. The van der Waals surface area contributed by atoms with Gasteiger partial charge in [-0.15, -0.1) is 0 Å². The number of likely N-dealkylation sites (tertiary alicyclic amines) is 1. The van der Waals surface area contributed by atoms with Gasteiger partial charge in [0.05, 0.1) is 39.9 Å². The molecule has 3 aromatic rings. The van der Waals surface area contributed by atoms with E-state index in [1.165, 1.54) is 17.5 Å². The molecule has 2 fully saturated rings. The third-order valence-electron chi connectivity index (χ3n) is 7.07. The first-order chi connectivity index (χ1) is 19.4. The smallest absolute Gasteiger partial charge is 0.246 e. The Morgan fingerprint density at radius 2 is 1.85 bits per heavy atom. The summed E-state index contributed by atoms with van der Waals surface area (Å²) in [5.74, 6) is 1.48. The fourth-order valence-electron chi connectivity index (χ4n) is 4.91. The number of piperidine rings is 1. The van der Waals surface area contributed by atoms with Crippen molar-refractivity contribution >= 4 is 21.6 Å². The Hall–Kier alpha value is -3.52. The molecule has 5 rings (SSSR count). The number of nitrogens with one attached hydrogen (secondary N) is 1. The Morgan fingerprint density at radius 3 is 2.58 bits per heavy atom. The van der Waals surface area contributed by atoms with E-state index in [0.717, 1.165) is 30.7 Å². The first-order valence-corrected chi connectivity index (χ1v) is 14.6. The minimum atomic E-state index is -3.81. The van der Waals surface area contributed by atoms with Crippen LogP contribution in [-0.4, -0.2) is 87.3 Å². The summed E-state index contributed by atoms with van der Waals surface area (Å²) < 4.78 is 49.2. The molecular formula is C27H33N5O7S. The summed E-state index contributed by atoms with van der Waals surface area (Å²) in [6, 6.07) is 12.1. The second kappa shape index (κ2) is 12.3. The van der Waals surface area contributed by atoms with E-state index in [-0.39, 0.29) is 35.6 Å². The Kier molecular flexibility index (Phi) is 8.64. The maximum Gasteiger partial charge on any atom is 0.246 e. The van der Waals surface area contributed by atoms with Gasteiger partial charge in [0, 0.05) is 30.9 Å². The molecular weight excluding hydrogens is 538 g/mol. The molecule has 214 valence electrons. The maximum atomic E-state index is 13.3. The number of sulfonamides is 1. The van der Waals surface area contributed by atoms with Crippen molar-refractivity contribution in [3.05, 3.63) is 48.4 Å². The van der Waals surface area contributed by atoms with Gasteiger partial charge in [0.2, 0.25) is 27.6 Å². The molecule has 1 N–H and O–H groups in total. The molecule has 1 atom stereocenters. The highest BCUT2D eigenvalue weighted by atomic mass is 32.2. The number of amides is 1. The van der Waals surface area contributed by atoms with Crippen LogP contribution < -0.4 is 14.8 Å². The molecule has 2 aliphatic rings. The van der Waals surface area contributed by atoms with Gasteiger partial charge in [-0.2, -0.15) is 9.29 Å². The Bertz CT molecular complexity index is 1420. The molecule has 1 amide bonds. The largest absolute Gasteiger partial charge is 0.497 e. The van der Waals surface area contributed by atoms with Gasteiger partial charge in [0.25, 0.3) is 0 Å². The summed E-state index contributed by atoms with van der Waals surface area (Å²) >= 11 is 0. The molecule has 2 aliphatic heterocycles. The van der Waals surface area contributed by atoms with Gasteiger partial charge < -0.3 is 24.1 Å². The van der Waals surface area contributed by atoms with E-state index >= 15 is 0 Å². The summed E-state index contributed by atoms with van der Waals surface area (Å²) in [5, 5.41) is 7.00. The average molecular weight is 572 g/mol. The third-order valence-corrected chi connectivity index (χ3v) is 8.99. The number of rotatable bonds is 9. The van der Waals surface area contributed by atoms with E-state index in [9.17, 15) is 13.2 Å². The highest BCUT2D eigenvalue weighted by molar-refractivity contribution is 7.89. The molecule has 1 aromatic heterocycles. The molecule has 0 spiro atoms. The second-order valence-electron chi connectivity index (χ2n) is 9.69. The number of anilines is 1. The van der Waals surface area contributed by atoms with Crippen molar-refractivity contribution in [2.75, 3.05) is 58.9 Å². The second-order valence-corrected chi connectivity index (χ2v) is 11.6. The number of hydrogen-bond acceptors (Lipinski definition) is 10. The maximum absolute atomic E-state index is 13.3. The number of morpholine rings is 1. The van der Waals surface area contributed by atoms with Crippen LogP contribution in [0, 0.1) is 5.92 Å². The average Bonchev–Trinajstić information content (AvgIpc) is 3.46. The van der Waals surface area contributed by atoms with Crippen LogP contribution in [0.3, 0.4) is 0 Å². The van der Waals surface area contributed by atoms with Gasteiger partial charge in [-0.25, -0.2) is 8.42 Å². The Morgan fingerprint density at radius 1 is 1.07 bits per heavy atom. The number of ether oxygens (including phenoxy) is 3. The van der Waals surface area contributed by atoms with E-state index in [1.54, 1.807) is 19.2 Å². The number of benzene rings is 2. The molecule has 2 aromatic carbocycles. The zero-order chi connectivity index (χ0) is 28.1. The van der Waals surface area contributed by atoms with Crippen LogP contribution in [0.2, 0.25) is 0 Å². The highest BCUT2D eigenvalue weighted by Crippen LogP contribution is 2.31. The lowest BCUT2D eigenvalue weighted by Gasteiger charge is -2.31. The van der Waals surface area contributed by atoms with Gasteiger partial charge in [0.1, 0.15) is 16.4 Å². The van der Waals surface area contributed by atoms with E-state index in [2.05, 4.69) is 20.4 Å². The first kappa shape index (κ1) is 28.0. The lowest BCUT2D eigenvalue weighted by Crippen LogP contribution is -2.41. The summed E-state index contributed by atoms with van der Waals surface area (Å²) in [4.78, 5) is 19.9. The topological polar surface area (TPSA) is 136 Å². The number of nitrogens with zero attached hydrogens (tertiary/aromatic N) is 4. The number of carbonyl (C=O) groups is 1. The van der Waals surface area contributed by atoms with Crippen molar-refractivity contribution in [3.8, 4) is 22.9 Å². The molecule has 40 heavy (non-hydrogen) atoms. The molecule has 1 unspecified atom stereocenters. The summed E-state index contributed by atoms with van der Waals surface area (Å²) in [5.41, 5.74) is 1.22. The van der Waals surface area contributed by atoms with E-state index in [0.29, 0.717) is 43.7 Å². The fraction of sp³-hybridized carbons (Fsp3) is 0.444. The predicted octanol–water partition coefficient (Wildman–Crippen LogP) is 2.63. The van der Waals surface area contributed by atoms with Gasteiger partial charge in [-0.3, -0.25) is 9.69 Å². The van der Waals surface area contributed by atoms with Crippen LogP contribution in [0.15, 0.2) is 51.9 Å². The molecule has 3 heterocycles. The Balaban J connectivity index is 1.23.